The van der Waals surface area contributed by atoms with Crippen LogP contribution < -0.4 is 0 Å². The molecule has 1 atom stereocenters. The summed E-state index contributed by atoms with van der Waals surface area (Å²) in [6.07, 6.45) is 0.556. The van der Waals surface area contributed by atoms with Gasteiger partial charge in [0.15, 0.2) is 0 Å². The van der Waals surface area contributed by atoms with E-state index in [1.165, 1.54) is 13.1 Å². The highest BCUT2D eigenvalue weighted by atomic mass is 16.3. The van der Waals surface area contributed by atoms with Crippen molar-refractivity contribution in [1.29, 1.82) is 0 Å². The molecular formula is C8H9NO2. The molecule has 58 valence electrons. The normalized spacial score (nSPS) is 12.5. The Balaban J connectivity index is 2.86. The number of rotatable bonds is 2. The standard InChI is InChI=1S/C8H9NO2/c1-6(10)8(11)7-4-2-3-5-9-7/h2-6,10H,1H3. The first-order valence-electron chi connectivity index (χ1n) is 3.35. The van der Waals surface area contributed by atoms with Crippen LogP contribution >= 0.6 is 0 Å². The van der Waals surface area contributed by atoms with Gasteiger partial charge in [0, 0.05) is 6.20 Å². The van der Waals surface area contributed by atoms with Crippen LogP contribution in [0.1, 0.15) is 17.4 Å². The van der Waals surface area contributed by atoms with Crippen molar-refractivity contribution in [3.63, 3.8) is 0 Å². The lowest BCUT2D eigenvalue weighted by Crippen LogP contribution is -2.17. The van der Waals surface area contributed by atoms with E-state index in [9.17, 15) is 4.79 Å². The first kappa shape index (κ1) is 7.88. The summed E-state index contributed by atoms with van der Waals surface area (Å²) in [5.74, 6) is -0.342. The van der Waals surface area contributed by atoms with Crippen molar-refractivity contribution >= 4 is 5.78 Å². The fourth-order valence-electron chi connectivity index (χ4n) is 0.723. The SMILES string of the molecule is CC(O)C(=O)c1ccccn1. The molecule has 0 saturated heterocycles. The highest BCUT2D eigenvalue weighted by molar-refractivity contribution is 5.97. The molecule has 1 rings (SSSR count). The van der Waals surface area contributed by atoms with Crippen LogP contribution in [0.5, 0.6) is 0 Å². The van der Waals surface area contributed by atoms with Crippen molar-refractivity contribution in [2.75, 3.05) is 0 Å². The van der Waals surface area contributed by atoms with E-state index in [1.807, 2.05) is 0 Å². The van der Waals surface area contributed by atoms with Crippen LogP contribution in [0, 0.1) is 0 Å². The molecule has 0 radical (unpaired) electrons. The second-order valence-electron chi connectivity index (χ2n) is 2.26. The Morgan fingerprint density at radius 1 is 1.64 bits per heavy atom. The summed E-state index contributed by atoms with van der Waals surface area (Å²) in [4.78, 5) is 14.8. The van der Waals surface area contributed by atoms with Gasteiger partial charge in [-0.1, -0.05) is 6.07 Å². The maximum absolute atomic E-state index is 11.0. The highest BCUT2D eigenvalue weighted by Crippen LogP contribution is 1.98. The zero-order valence-corrected chi connectivity index (χ0v) is 6.19. The van der Waals surface area contributed by atoms with Crippen molar-refractivity contribution in [3.05, 3.63) is 30.1 Å². The van der Waals surface area contributed by atoms with Crippen molar-refractivity contribution in [2.45, 2.75) is 13.0 Å². The summed E-state index contributed by atoms with van der Waals surface area (Å²) in [7, 11) is 0. The van der Waals surface area contributed by atoms with Gasteiger partial charge in [0.05, 0.1) is 0 Å². The van der Waals surface area contributed by atoms with Gasteiger partial charge in [0.2, 0.25) is 5.78 Å². The number of nitrogens with zero attached hydrogens (tertiary/aromatic N) is 1. The van der Waals surface area contributed by atoms with Crippen molar-refractivity contribution in [3.8, 4) is 0 Å². The number of pyridine rings is 1. The third-order valence-corrected chi connectivity index (χ3v) is 1.30. The summed E-state index contributed by atoms with van der Waals surface area (Å²) < 4.78 is 0. The van der Waals surface area contributed by atoms with Crippen molar-refractivity contribution in [1.82, 2.24) is 4.98 Å². The van der Waals surface area contributed by atoms with Crippen LogP contribution in [0.4, 0.5) is 0 Å². The average molecular weight is 151 g/mol. The molecule has 1 heterocycles. The molecule has 0 aliphatic carbocycles. The van der Waals surface area contributed by atoms with Gasteiger partial charge < -0.3 is 5.11 Å². The van der Waals surface area contributed by atoms with Gasteiger partial charge in [0.25, 0.3) is 0 Å². The number of aliphatic hydroxyl groups excluding tert-OH is 1. The smallest absolute Gasteiger partial charge is 0.209 e. The molecule has 1 unspecified atom stereocenters. The zero-order valence-electron chi connectivity index (χ0n) is 6.19. The van der Waals surface area contributed by atoms with Crippen LogP contribution in [0.25, 0.3) is 0 Å². The molecule has 1 aromatic heterocycles. The minimum absolute atomic E-state index is 0.308. The Kier molecular flexibility index (Phi) is 2.33. The Morgan fingerprint density at radius 3 is 2.82 bits per heavy atom. The lowest BCUT2D eigenvalue weighted by Gasteiger charge is -2.00. The van der Waals surface area contributed by atoms with E-state index in [-0.39, 0.29) is 5.78 Å². The Labute approximate surface area is 64.7 Å². The number of Topliss-reactive ketones (excluding diaryl/α,β-unsaturated/α-hetero) is 1. The molecule has 11 heavy (non-hydrogen) atoms. The van der Waals surface area contributed by atoms with Crippen LogP contribution in [0.2, 0.25) is 0 Å². The maximum Gasteiger partial charge on any atom is 0.209 e. The monoisotopic (exact) mass is 151 g/mol. The molecule has 0 aliphatic heterocycles. The van der Waals surface area contributed by atoms with Gasteiger partial charge in [-0.3, -0.25) is 9.78 Å². The van der Waals surface area contributed by atoms with Gasteiger partial charge in [-0.2, -0.15) is 0 Å². The summed E-state index contributed by atoms with van der Waals surface area (Å²) in [6, 6.07) is 5.01. The lowest BCUT2D eigenvalue weighted by molar-refractivity contribution is 0.0774. The first-order valence-corrected chi connectivity index (χ1v) is 3.35. The molecule has 0 aliphatic rings. The molecule has 3 heteroatoms. The number of aromatic nitrogens is 1. The van der Waals surface area contributed by atoms with E-state index in [0.717, 1.165) is 0 Å². The number of hydrogen-bond acceptors (Lipinski definition) is 3. The van der Waals surface area contributed by atoms with Gasteiger partial charge in [-0.05, 0) is 19.1 Å². The molecule has 3 nitrogen and oxygen atoms in total. The largest absolute Gasteiger partial charge is 0.385 e. The number of carbonyl (C=O) groups is 1. The van der Waals surface area contributed by atoms with Gasteiger partial charge >= 0.3 is 0 Å². The summed E-state index contributed by atoms with van der Waals surface area (Å²) in [5.41, 5.74) is 0.308. The molecule has 1 aromatic rings. The first-order chi connectivity index (χ1) is 5.22. The van der Waals surface area contributed by atoms with E-state index in [4.69, 9.17) is 5.11 Å². The minimum Gasteiger partial charge on any atom is -0.385 e. The van der Waals surface area contributed by atoms with E-state index in [1.54, 1.807) is 18.2 Å². The minimum atomic E-state index is -0.968. The number of hydrogen-bond donors (Lipinski definition) is 1. The van der Waals surface area contributed by atoms with E-state index < -0.39 is 6.10 Å². The van der Waals surface area contributed by atoms with E-state index in [0.29, 0.717) is 5.69 Å². The Bertz CT molecular complexity index is 244. The predicted octanol–water partition coefficient (Wildman–Crippen LogP) is 0.645. The van der Waals surface area contributed by atoms with Gasteiger partial charge in [-0.15, -0.1) is 0 Å². The maximum atomic E-state index is 11.0. The highest BCUT2D eigenvalue weighted by Gasteiger charge is 2.11. The third kappa shape index (κ3) is 1.85. The molecule has 0 fully saturated rings. The van der Waals surface area contributed by atoms with Crippen LogP contribution in [-0.2, 0) is 0 Å². The molecular weight excluding hydrogens is 142 g/mol. The van der Waals surface area contributed by atoms with Crippen molar-refractivity contribution < 1.29 is 9.90 Å². The summed E-state index contributed by atoms with van der Waals surface area (Å²) in [6.45, 7) is 1.43. The van der Waals surface area contributed by atoms with E-state index >= 15 is 0 Å². The lowest BCUT2D eigenvalue weighted by atomic mass is 10.2. The number of carbonyl (C=O) groups excluding carboxylic acids is 1. The fraction of sp³-hybridized carbons (Fsp3) is 0.250. The van der Waals surface area contributed by atoms with E-state index in [2.05, 4.69) is 4.98 Å². The molecule has 0 bridgehead atoms. The predicted molar refractivity (Wildman–Crippen MR) is 40.2 cm³/mol. The Hall–Kier alpha value is -1.22. The second-order valence-corrected chi connectivity index (χ2v) is 2.26. The average Bonchev–Trinajstić information content (AvgIpc) is 2.05. The number of ketones is 1. The zero-order chi connectivity index (χ0) is 8.27. The van der Waals surface area contributed by atoms with Gasteiger partial charge in [-0.25, -0.2) is 0 Å². The van der Waals surface area contributed by atoms with Gasteiger partial charge in [0.1, 0.15) is 11.8 Å². The van der Waals surface area contributed by atoms with Crippen LogP contribution in [0.3, 0.4) is 0 Å². The van der Waals surface area contributed by atoms with Crippen molar-refractivity contribution in [2.24, 2.45) is 0 Å². The number of aliphatic hydroxyl groups is 1. The molecule has 0 aromatic carbocycles. The Morgan fingerprint density at radius 2 is 2.36 bits per heavy atom. The molecule has 0 amide bonds. The van der Waals surface area contributed by atoms with Crippen LogP contribution in [0.15, 0.2) is 24.4 Å². The molecule has 1 N–H and O–H groups in total. The summed E-state index contributed by atoms with van der Waals surface area (Å²) in [5, 5.41) is 8.88. The molecule has 0 saturated carbocycles. The second kappa shape index (κ2) is 3.25. The summed E-state index contributed by atoms with van der Waals surface area (Å²) >= 11 is 0. The molecule has 0 spiro atoms. The third-order valence-electron chi connectivity index (χ3n) is 1.30. The van der Waals surface area contributed by atoms with Crippen LogP contribution in [-0.4, -0.2) is 22.0 Å². The fourth-order valence-corrected chi connectivity index (χ4v) is 0.723. The quantitative estimate of drug-likeness (QED) is 0.631. The topological polar surface area (TPSA) is 50.2 Å².